The number of benzene rings is 1. The van der Waals surface area contributed by atoms with E-state index in [9.17, 15) is 4.79 Å². The molecule has 0 aliphatic carbocycles. The van der Waals surface area contributed by atoms with Gasteiger partial charge in [0.1, 0.15) is 5.75 Å². The predicted molar refractivity (Wildman–Crippen MR) is 72.2 cm³/mol. The molecule has 1 aromatic rings. The summed E-state index contributed by atoms with van der Waals surface area (Å²) in [5, 5.41) is 11.2. The molecule has 0 atom stereocenters. The Hall–Kier alpha value is -1.59. The normalized spacial score (nSPS) is 10.2. The van der Waals surface area contributed by atoms with E-state index in [0.29, 0.717) is 32.8 Å². The number of hydrogen-bond donors (Lipinski definition) is 2. The summed E-state index contributed by atoms with van der Waals surface area (Å²) in [5.41, 5.74) is 1.13. The average Bonchev–Trinajstić information content (AvgIpc) is 2.38. The summed E-state index contributed by atoms with van der Waals surface area (Å²) in [5.74, 6) is 0.708. The van der Waals surface area contributed by atoms with E-state index in [2.05, 4.69) is 5.32 Å². The van der Waals surface area contributed by atoms with Crippen LogP contribution in [0.15, 0.2) is 24.3 Å². The van der Waals surface area contributed by atoms with Gasteiger partial charge in [0.15, 0.2) is 0 Å². The molecule has 19 heavy (non-hydrogen) atoms. The van der Waals surface area contributed by atoms with Crippen molar-refractivity contribution in [3.63, 3.8) is 0 Å². The van der Waals surface area contributed by atoms with Gasteiger partial charge in [0.2, 0.25) is 5.91 Å². The highest BCUT2D eigenvalue weighted by Gasteiger charge is 2.01. The van der Waals surface area contributed by atoms with Gasteiger partial charge >= 0.3 is 0 Å². The molecule has 5 nitrogen and oxygen atoms in total. The summed E-state index contributed by atoms with van der Waals surface area (Å²) in [6, 6.07) is 7.71. The Bertz CT molecular complexity index is 381. The van der Waals surface area contributed by atoms with Gasteiger partial charge in [0.25, 0.3) is 0 Å². The lowest BCUT2D eigenvalue weighted by molar-refractivity contribution is -0.121. The first-order valence-electron chi connectivity index (χ1n) is 6.37. The van der Waals surface area contributed by atoms with Gasteiger partial charge in [-0.15, -0.1) is 0 Å². The van der Waals surface area contributed by atoms with E-state index in [-0.39, 0.29) is 12.5 Å². The Morgan fingerprint density at radius 3 is 2.89 bits per heavy atom. The molecule has 0 aromatic heterocycles. The molecule has 0 saturated heterocycles. The second-order valence-electron chi connectivity index (χ2n) is 4.10. The zero-order valence-electron chi connectivity index (χ0n) is 11.2. The van der Waals surface area contributed by atoms with Gasteiger partial charge in [0.05, 0.1) is 32.8 Å². The SMILES string of the molecule is Cc1cccc(OCCC(=O)NCCOCCO)c1. The lowest BCUT2D eigenvalue weighted by atomic mass is 10.2. The number of rotatable bonds is 9. The number of carbonyl (C=O) groups excluding carboxylic acids is 1. The Morgan fingerprint density at radius 1 is 1.32 bits per heavy atom. The summed E-state index contributed by atoms with van der Waals surface area (Å²) in [6.45, 7) is 3.50. The van der Waals surface area contributed by atoms with Crippen LogP contribution in [-0.4, -0.2) is 44.0 Å². The van der Waals surface area contributed by atoms with Crippen molar-refractivity contribution in [2.75, 3.05) is 33.0 Å². The molecule has 5 heteroatoms. The molecule has 1 rings (SSSR count). The third kappa shape index (κ3) is 7.43. The molecule has 0 saturated carbocycles. The Kier molecular flexibility index (Phi) is 7.62. The van der Waals surface area contributed by atoms with Gasteiger partial charge in [-0.3, -0.25) is 4.79 Å². The van der Waals surface area contributed by atoms with E-state index in [4.69, 9.17) is 14.6 Å². The third-order valence-electron chi connectivity index (χ3n) is 2.39. The summed E-state index contributed by atoms with van der Waals surface area (Å²) >= 11 is 0. The molecule has 0 aliphatic heterocycles. The van der Waals surface area contributed by atoms with Crippen molar-refractivity contribution in [1.82, 2.24) is 5.32 Å². The molecule has 106 valence electrons. The van der Waals surface area contributed by atoms with E-state index in [0.717, 1.165) is 11.3 Å². The molecular weight excluding hydrogens is 246 g/mol. The average molecular weight is 267 g/mol. The van der Waals surface area contributed by atoms with E-state index in [1.54, 1.807) is 0 Å². The second-order valence-corrected chi connectivity index (χ2v) is 4.10. The van der Waals surface area contributed by atoms with Crippen LogP contribution in [0.3, 0.4) is 0 Å². The highest BCUT2D eigenvalue weighted by Crippen LogP contribution is 2.12. The fraction of sp³-hybridized carbons (Fsp3) is 0.500. The number of hydrogen-bond acceptors (Lipinski definition) is 4. The van der Waals surface area contributed by atoms with Crippen LogP contribution in [0.4, 0.5) is 0 Å². The van der Waals surface area contributed by atoms with Crippen LogP contribution in [0.2, 0.25) is 0 Å². The summed E-state index contributed by atoms with van der Waals surface area (Å²) in [7, 11) is 0. The van der Waals surface area contributed by atoms with Gasteiger partial charge in [-0.25, -0.2) is 0 Å². The van der Waals surface area contributed by atoms with E-state index in [1.165, 1.54) is 0 Å². The Balaban J connectivity index is 2.07. The van der Waals surface area contributed by atoms with E-state index < -0.39 is 0 Å². The van der Waals surface area contributed by atoms with Crippen LogP contribution >= 0.6 is 0 Å². The van der Waals surface area contributed by atoms with Crippen molar-refractivity contribution in [2.24, 2.45) is 0 Å². The van der Waals surface area contributed by atoms with Crippen molar-refractivity contribution in [3.8, 4) is 5.75 Å². The van der Waals surface area contributed by atoms with Crippen molar-refractivity contribution in [3.05, 3.63) is 29.8 Å². The smallest absolute Gasteiger partial charge is 0.223 e. The molecule has 0 bridgehead atoms. The molecule has 0 spiro atoms. The maximum absolute atomic E-state index is 11.4. The maximum Gasteiger partial charge on any atom is 0.223 e. The first-order chi connectivity index (χ1) is 9.22. The number of aryl methyl sites for hydroxylation is 1. The van der Waals surface area contributed by atoms with Crippen LogP contribution in [0.25, 0.3) is 0 Å². The molecule has 0 unspecified atom stereocenters. The van der Waals surface area contributed by atoms with E-state index in [1.807, 2.05) is 31.2 Å². The standard InChI is InChI=1S/C14H21NO4/c1-12-3-2-4-13(11-12)19-8-5-14(17)15-6-9-18-10-7-16/h2-4,11,16H,5-10H2,1H3,(H,15,17). The fourth-order valence-electron chi connectivity index (χ4n) is 1.48. The lowest BCUT2D eigenvalue weighted by Gasteiger charge is -2.08. The number of nitrogens with one attached hydrogen (secondary N) is 1. The molecule has 1 aromatic carbocycles. The molecule has 2 N–H and O–H groups in total. The summed E-state index contributed by atoms with van der Waals surface area (Å²) in [4.78, 5) is 11.4. The van der Waals surface area contributed by atoms with Gasteiger partial charge in [-0.1, -0.05) is 12.1 Å². The topological polar surface area (TPSA) is 67.8 Å². The number of amides is 1. The van der Waals surface area contributed by atoms with Crippen molar-refractivity contribution >= 4 is 5.91 Å². The first kappa shape index (κ1) is 15.5. The molecular formula is C14H21NO4. The van der Waals surface area contributed by atoms with Crippen LogP contribution in [0.5, 0.6) is 5.75 Å². The summed E-state index contributed by atoms with van der Waals surface area (Å²) < 4.78 is 10.5. The van der Waals surface area contributed by atoms with Gasteiger partial charge in [-0.2, -0.15) is 0 Å². The van der Waals surface area contributed by atoms with Crippen LogP contribution < -0.4 is 10.1 Å². The quantitative estimate of drug-likeness (QED) is 0.652. The van der Waals surface area contributed by atoms with Crippen LogP contribution in [0.1, 0.15) is 12.0 Å². The number of aliphatic hydroxyl groups excluding tert-OH is 1. The second kappa shape index (κ2) is 9.35. The van der Waals surface area contributed by atoms with Crippen molar-refractivity contribution in [1.29, 1.82) is 0 Å². The van der Waals surface area contributed by atoms with Crippen LogP contribution in [-0.2, 0) is 9.53 Å². The highest BCUT2D eigenvalue weighted by atomic mass is 16.5. The highest BCUT2D eigenvalue weighted by molar-refractivity contribution is 5.75. The zero-order chi connectivity index (χ0) is 13.9. The van der Waals surface area contributed by atoms with Gasteiger partial charge < -0.3 is 19.9 Å². The molecule has 0 fully saturated rings. The minimum Gasteiger partial charge on any atom is -0.493 e. The number of aliphatic hydroxyl groups is 1. The largest absolute Gasteiger partial charge is 0.493 e. The fourth-order valence-corrected chi connectivity index (χ4v) is 1.48. The van der Waals surface area contributed by atoms with Crippen molar-refractivity contribution in [2.45, 2.75) is 13.3 Å². The Morgan fingerprint density at radius 2 is 2.16 bits per heavy atom. The maximum atomic E-state index is 11.4. The minimum atomic E-state index is -0.0692. The molecule has 1 amide bonds. The first-order valence-corrected chi connectivity index (χ1v) is 6.37. The predicted octanol–water partition coefficient (Wildman–Crippen LogP) is 0.889. The monoisotopic (exact) mass is 267 g/mol. The van der Waals surface area contributed by atoms with Crippen molar-refractivity contribution < 1.29 is 19.4 Å². The van der Waals surface area contributed by atoms with Crippen LogP contribution in [0, 0.1) is 6.92 Å². The third-order valence-corrected chi connectivity index (χ3v) is 2.39. The summed E-state index contributed by atoms with van der Waals surface area (Å²) in [6.07, 6.45) is 0.313. The molecule has 0 aliphatic rings. The Labute approximate surface area is 113 Å². The number of carbonyl (C=O) groups is 1. The lowest BCUT2D eigenvalue weighted by Crippen LogP contribution is -2.28. The minimum absolute atomic E-state index is 0.00171. The van der Waals surface area contributed by atoms with E-state index >= 15 is 0 Å². The molecule has 0 radical (unpaired) electrons. The van der Waals surface area contributed by atoms with Gasteiger partial charge in [0, 0.05) is 6.54 Å². The molecule has 0 heterocycles. The zero-order valence-corrected chi connectivity index (χ0v) is 11.2. The number of ether oxygens (including phenoxy) is 2. The van der Waals surface area contributed by atoms with Gasteiger partial charge in [-0.05, 0) is 24.6 Å².